The SMILES string of the molecule is CCOC(=O)c1ccc(N)c(NC2CCN(C)C2)c1. The fourth-order valence-electron chi connectivity index (χ4n) is 2.30. The van der Waals surface area contributed by atoms with Crippen molar-refractivity contribution in [1.82, 2.24) is 4.90 Å². The molecule has 0 radical (unpaired) electrons. The molecule has 1 heterocycles. The molecule has 0 aromatic heterocycles. The van der Waals surface area contributed by atoms with E-state index < -0.39 is 0 Å². The van der Waals surface area contributed by atoms with Gasteiger partial charge in [0.1, 0.15) is 0 Å². The second kappa shape index (κ2) is 5.93. The zero-order chi connectivity index (χ0) is 13.8. The van der Waals surface area contributed by atoms with Crippen LogP contribution in [0.25, 0.3) is 0 Å². The Morgan fingerprint density at radius 3 is 3.00 bits per heavy atom. The predicted molar refractivity (Wildman–Crippen MR) is 76.3 cm³/mol. The Morgan fingerprint density at radius 1 is 1.58 bits per heavy atom. The van der Waals surface area contributed by atoms with Crippen molar-refractivity contribution in [2.75, 3.05) is 37.8 Å². The van der Waals surface area contributed by atoms with Crippen LogP contribution in [0.15, 0.2) is 18.2 Å². The summed E-state index contributed by atoms with van der Waals surface area (Å²) in [7, 11) is 2.10. The van der Waals surface area contributed by atoms with Crippen LogP contribution in [0.4, 0.5) is 11.4 Å². The molecule has 2 rings (SSSR count). The van der Waals surface area contributed by atoms with Crippen LogP contribution < -0.4 is 11.1 Å². The molecule has 5 nitrogen and oxygen atoms in total. The molecule has 19 heavy (non-hydrogen) atoms. The number of nitrogens with two attached hydrogens (primary N) is 1. The van der Waals surface area contributed by atoms with Crippen molar-refractivity contribution < 1.29 is 9.53 Å². The van der Waals surface area contributed by atoms with Gasteiger partial charge in [0.2, 0.25) is 0 Å². The van der Waals surface area contributed by atoms with Crippen molar-refractivity contribution in [1.29, 1.82) is 0 Å². The lowest BCUT2D eigenvalue weighted by Gasteiger charge is -2.16. The van der Waals surface area contributed by atoms with Crippen LogP contribution in [0.3, 0.4) is 0 Å². The van der Waals surface area contributed by atoms with Gasteiger partial charge in [0.15, 0.2) is 0 Å². The highest BCUT2D eigenvalue weighted by atomic mass is 16.5. The van der Waals surface area contributed by atoms with E-state index in [2.05, 4.69) is 17.3 Å². The summed E-state index contributed by atoms with van der Waals surface area (Å²) in [5, 5.41) is 3.40. The third-order valence-electron chi connectivity index (χ3n) is 3.32. The van der Waals surface area contributed by atoms with Gasteiger partial charge in [-0.1, -0.05) is 0 Å². The third-order valence-corrected chi connectivity index (χ3v) is 3.32. The van der Waals surface area contributed by atoms with E-state index in [1.54, 1.807) is 25.1 Å². The lowest BCUT2D eigenvalue weighted by molar-refractivity contribution is 0.0526. The monoisotopic (exact) mass is 263 g/mol. The Kier molecular flexibility index (Phi) is 4.27. The number of hydrogen-bond donors (Lipinski definition) is 2. The summed E-state index contributed by atoms with van der Waals surface area (Å²) in [5.41, 5.74) is 7.95. The zero-order valence-electron chi connectivity index (χ0n) is 11.5. The molecule has 0 saturated carbocycles. The van der Waals surface area contributed by atoms with Crippen LogP contribution >= 0.6 is 0 Å². The molecule has 104 valence electrons. The van der Waals surface area contributed by atoms with E-state index >= 15 is 0 Å². The summed E-state index contributed by atoms with van der Waals surface area (Å²) in [4.78, 5) is 14.0. The number of benzene rings is 1. The van der Waals surface area contributed by atoms with E-state index in [-0.39, 0.29) is 5.97 Å². The number of esters is 1. The first kappa shape index (κ1) is 13.7. The molecule has 1 aromatic carbocycles. The molecule has 0 aliphatic carbocycles. The number of nitrogen functional groups attached to an aromatic ring is 1. The molecule has 1 atom stereocenters. The van der Waals surface area contributed by atoms with Crippen molar-refractivity contribution in [3.05, 3.63) is 23.8 Å². The van der Waals surface area contributed by atoms with E-state index in [1.165, 1.54) is 0 Å². The summed E-state index contributed by atoms with van der Waals surface area (Å²) in [5.74, 6) is -0.311. The number of carbonyl (C=O) groups is 1. The molecule has 3 N–H and O–H groups in total. The first-order valence-corrected chi connectivity index (χ1v) is 6.62. The average Bonchev–Trinajstić information content (AvgIpc) is 2.78. The Hall–Kier alpha value is -1.75. The average molecular weight is 263 g/mol. The Labute approximate surface area is 113 Å². The number of likely N-dealkylation sites (N-methyl/N-ethyl adjacent to an activating group) is 1. The molecule has 1 aromatic rings. The number of hydrogen-bond acceptors (Lipinski definition) is 5. The molecule has 5 heteroatoms. The van der Waals surface area contributed by atoms with E-state index in [1.807, 2.05) is 0 Å². The Morgan fingerprint density at radius 2 is 2.37 bits per heavy atom. The fraction of sp³-hybridized carbons (Fsp3) is 0.500. The molecule has 0 amide bonds. The maximum Gasteiger partial charge on any atom is 0.338 e. The molecule has 0 bridgehead atoms. The number of ether oxygens (including phenoxy) is 1. The number of rotatable bonds is 4. The Balaban J connectivity index is 2.10. The molecule has 1 unspecified atom stereocenters. The maximum absolute atomic E-state index is 11.7. The zero-order valence-corrected chi connectivity index (χ0v) is 11.5. The first-order valence-electron chi connectivity index (χ1n) is 6.62. The summed E-state index contributed by atoms with van der Waals surface area (Å²) in [6.45, 7) is 4.24. The molecule has 1 fully saturated rings. The van der Waals surface area contributed by atoms with Crippen LogP contribution in [0.2, 0.25) is 0 Å². The van der Waals surface area contributed by atoms with Gasteiger partial charge < -0.3 is 20.7 Å². The van der Waals surface area contributed by atoms with Crippen molar-refractivity contribution in [2.24, 2.45) is 0 Å². The van der Waals surface area contributed by atoms with Gasteiger partial charge in [-0.15, -0.1) is 0 Å². The summed E-state index contributed by atoms with van der Waals surface area (Å²) in [6, 6.07) is 5.59. The quantitative estimate of drug-likeness (QED) is 0.637. The topological polar surface area (TPSA) is 67.6 Å². The molecular weight excluding hydrogens is 242 g/mol. The van der Waals surface area contributed by atoms with E-state index in [0.717, 1.165) is 25.2 Å². The summed E-state index contributed by atoms with van der Waals surface area (Å²) >= 11 is 0. The van der Waals surface area contributed by atoms with Crippen LogP contribution in [-0.4, -0.2) is 43.7 Å². The second-order valence-corrected chi connectivity index (χ2v) is 4.91. The van der Waals surface area contributed by atoms with Gasteiger partial charge in [0, 0.05) is 12.6 Å². The highest BCUT2D eigenvalue weighted by molar-refractivity contribution is 5.92. The van der Waals surface area contributed by atoms with Crippen LogP contribution in [0, 0.1) is 0 Å². The summed E-state index contributed by atoms with van der Waals surface area (Å²) < 4.78 is 4.99. The van der Waals surface area contributed by atoms with E-state index in [9.17, 15) is 4.79 Å². The second-order valence-electron chi connectivity index (χ2n) is 4.91. The fourth-order valence-corrected chi connectivity index (χ4v) is 2.30. The van der Waals surface area contributed by atoms with Crippen molar-refractivity contribution in [3.8, 4) is 0 Å². The van der Waals surface area contributed by atoms with Gasteiger partial charge in [-0.25, -0.2) is 4.79 Å². The third kappa shape index (κ3) is 3.38. The minimum Gasteiger partial charge on any atom is -0.462 e. The van der Waals surface area contributed by atoms with Crippen molar-refractivity contribution >= 4 is 17.3 Å². The number of carbonyl (C=O) groups excluding carboxylic acids is 1. The number of anilines is 2. The van der Waals surface area contributed by atoms with Gasteiger partial charge in [-0.05, 0) is 45.1 Å². The number of likely N-dealkylation sites (tertiary alicyclic amines) is 1. The highest BCUT2D eigenvalue weighted by Crippen LogP contribution is 2.23. The van der Waals surface area contributed by atoms with Crippen molar-refractivity contribution in [2.45, 2.75) is 19.4 Å². The lowest BCUT2D eigenvalue weighted by Crippen LogP contribution is -2.24. The number of nitrogens with one attached hydrogen (secondary N) is 1. The van der Waals surface area contributed by atoms with Gasteiger partial charge in [0.25, 0.3) is 0 Å². The van der Waals surface area contributed by atoms with Gasteiger partial charge in [0.05, 0.1) is 23.5 Å². The van der Waals surface area contributed by atoms with Crippen LogP contribution in [0.1, 0.15) is 23.7 Å². The largest absolute Gasteiger partial charge is 0.462 e. The van der Waals surface area contributed by atoms with Crippen molar-refractivity contribution in [3.63, 3.8) is 0 Å². The van der Waals surface area contributed by atoms with E-state index in [4.69, 9.17) is 10.5 Å². The molecular formula is C14H21N3O2. The smallest absolute Gasteiger partial charge is 0.338 e. The molecule has 1 saturated heterocycles. The molecule has 1 aliphatic rings. The minimum absolute atomic E-state index is 0.311. The molecule has 1 aliphatic heterocycles. The van der Waals surface area contributed by atoms with Crippen LogP contribution in [-0.2, 0) is 4.74 Å². The minimum atomic E-state index is -0.311. The normalized spacial score (nSPS) is 19.4. The van der Waals surface area contributed by atoms with Crippen LogP contribution in [0.5, 0.6) is 0 Å². The highest BCUT2D eigenvalue weighted by Gasteiger charge is 2.20. The Bertz CT molecular complexity index is 462. The van der Waals surface area contributed by atoms with Gasteiger partial charge in [-0.2, -0.15) is 0 Å². The standard InChI is InChI=1S/C14H21N3O2/c1-3-19-14(18)10-4-5-12(15)13(8-10)16-11-6-7-17(2)9-11/h4-5,8,11,16H,3,6-7,9,15H2,1-2H3. The summed E-state index contributed by atoms with van der Waals surface area (Å²) in [6.07, 6.45) is 1.08. The number of nitrogens with zero attached hydrogens (tertiary/aromatic N) is 1. The predicted octanol–water partition coefficient (Wildman–Crippen LogP) is 1.56. The molecule has 0 spiro atoms. The maximum atomic E-state index is 11.7. The lowest BCUT2D eigenvalue weighted by atomic mass is 10.1. The van der Waals surface area contributed by atoms with Gasteiger partial charge >= 0.3 is 5.97 Å². The van der Waals surface area contributed by atoms with Gasteiger partial charge in [-0.3, -0.25) is 0 Å². The first-order chi connectivity index (χ1) is 9.10. The van der Waals surface area contributed by atoms with E-state index in [0.29, 0.717) is 23.9 Å².